The summed E-state index contributed by atoms with van der Waals surface area (Å²) in [7, 11) is 1.74. The van der Waals surface area contributed by atoms with Crippen molar-refractivity contribution in [1.29, 1.82) is 0 Å². The molecule has 0 aromatic carbocycles. The van der Waals surface area contributed by atoms with Crippen LogP contribution in [0.1, 0.15) is 25.6 Å². The van der Waals surface area contributed by atoms with E-state index in [-0.39, 0.29) is 0 Å². The highest BCUT2D eigenvalue weighted by Crippen LogP contribution is 2.36. The van der Waals surface area contributed by atoms with Crippen molar-refractivity contribution in [3.8, 4) is 0 Å². The molecule has 0 unspecified atom stereocenters. The third-order valence-electron chi connectivity index (χ3n) is 3.77. The van der Waals surface area contributed by atoms with Gasteiger partial charge in [0.05, 0.1) is 5.39 Å². The Balaban J connectivity index is 2.09. The molecule has 0 atom stereocenters. The summed E-state index contributed by atoms with van der Waals surface area (Å²) < 4.78 is 11.2. The Morgan fingerprint density at radius 2 is 2.20 bits per heavy atom. The van der Waals surface area contributed by atoms with Crippen molar-refractivity contribution in [3.05, 3.63) is 17.3 Å². The minimum Gasteiger partial charge on any atom is -0.381 e. The van der Waals surface area contributed by atoms with E-state index >= 15 is 0 Å². The lowest BCUT2D eigenvalue weighted by molar-refractivity contribution is -0.0997. The number of ether oxygens (including phenoxy) is 2. The highest BCUT2D eigenvalue weighted by molar-refractivity contribution is 7.16. The quantitative estimate of drug-likeness (QED) is 0.939. The van der Waals surface area contributed by atoms with Gasteiger partial charge < -0.3 is 14.8 Å². The third-order valence-corrected chi connectivity index (χ3v) is 4.57. The lowest BCUT2D eigenvalue weighted by Crippen LogP contribution is -2.37. The molecule has 1 saturated heterocycles. The summed E-state index contributed by atoms with van der Waals surface area (Å²) >= 11 is 1.64. The van der Waals surface area contributed by atoms with Gasteiger partial charge in [0, 0.05) is 39.7 Å². The number of aromatic nitrogens is 2. The maximum Gasteiger partial charge on any atom is 0.164 e. The van der Waals surface area contributed by atoms with Crippen LogP contribution in [0.25, 0.3) is 10.2 Å². The van der Waals surface area contributed by atoms with Gasteiger partial charge in [0.15, 0.2) is 5.82 Å². The molecule has 0 saturated carbocycles. The molecule has 2 aromatic rings. The SMILES string of the molecule is CCNc1nc(C2(OC)CCOCC2)nc2sccc12. The first-order valence-corrected chi connectivity index (χ1v) is 7.79. The van der Waals surface area contributed by atoms with Crippen LogP contribution in [-0.4, -0.2) is 36.8 Å². The average molecular weight is 293 g/mol. The maximum atomic E-state index is 5.80. The molecule has 0 aliphatic carbocycles. The smallest absolute Gasteiger partial charge is 0.164 e. The van der Waals surface area contributed by atoms with E-state index in [0.717, 1.165) is 41.2 Å². The molecule has 0 bridgehead atoms. The van der Waals surface area contributed by atoms with Crippen molar-refractivity contribution < 1.29 is 9.47 Å². The first-order chi connectivity index (χ1) is 9.79. The number of nitrogens with zero attached hydrogens (tertiary/aromatic N) is 2. The molecule has 0 spiro atoms. The van der Waals surface area contributed by atoms with Crippen LogP contribution in [0.4, 0.5) is 5.82 Å². The van der Waals surface area contributed by atoms with Gasteiger partial charge in [-0.1, -0.05) is 0 Å². The van der Waals surface area contributed by atoms with Crippen LogP contribution in [-0.2, 0) is 15.1 Å². The fourth-order valence-electron chi connectivity index (χ4n) is 2.58. The van der Waals surface area contributed by atoms with E-state index in [2.05, 4.69) is 18.3 Å². The monoisotopic (exact) mass is 293 g/mol. The molecule has 20 heavy (non-hydrogen) atoms. The molecule has 3 heterocycles. The van der Waals surface area contributed by atoms with Gasteiger partial charge in [-0.25, -0.2) is 9.97 Å². The number of fused-ring (bicyclic) bond motifs is 1. The molecule has 1 N–H and O–H groups in total. The van der Waals surface area contributed by atoms with Crippen LogP contribution in [0.15, 0.2) is 11.4 Å². The fourth-order valence-corrected chi connectivity index (χ4v) is 3.35. The maximum absolute atomic E-state index is 5.80. The summed E-state index contributed by atoms with van der Waals surface area (Å²) in [6.45, 7) is 4.29. The van der Waals surface area contributed by atoms with E-state index in [1.165, 1.54) is 0 Å². The van der Waals surface area contributed by atoms with Crippen LogP contribution in [0.2, 0.25) is 0 Å². The summed E-state index contributed by atoms with van der Waals surface area (Å²) in [5, 5.41) is 6.46. The van der Waals surface area contributed by atoms with Gasteiger partial charge in [-0.2, -0.15) is 0 Å². The zero-order chi connectivity index (χ0) is 14.0. The van der Waals surface area contributed by atoms with Gasteiger partial charge in [0.1, 0.15) is 16.2 Å². The van der Waals surface area contributed by atoms with Gasteiger partial charge >= 0.3 is 0 Å². The predicted octanol–water partition coefficient (Wildman–Crippen LogP) is 2.78. The van der Waals surface area contributed by atoms with E-state index in [0.29, 0.717) is 13.2 Å². The summed E-state index contributed by atoms with van der Waals surface area (Å²) in [5.41, 5.74) is -0.416. The van der Waals surface area contributed by atoms with E-state index in [1.54, 1.807) is 18.4 Å². The molecular formula is C14H19N3O2S. The molecular weight excluding hydrogens is 274 g/mol. The van der Waals surface area contributed by atoms with Gasteiger partial charge in [-0.15, -0.1) is 11.3 Å². The van der Waals surface area contributed by atoms with Crippen molar-refractivity contribution in [2.45, 2.75) is 25.4 Å². The molecule has 1 aliphatic heterocycles. The number of hydrogen-bond acceptors (Lipinski definition) is 6. The highest BCUT2D eigenvalue weighted by atomic mass is 32.1. The van der Waals surface area contributed by atoms with Gasteiger partial charge in [-0.3, -0.25) is 0 Å². The first kappa shape index (κ1) is 13.7. The zero-order valence-electron chi connectivity index (χ0n) is 11.8. The second-order valence-electron chi connectivity index (χ2n) is 4.88. The van der Waals surface area contributed by atoms with Crippen molar-refractivity contribution in [2.24, 2.45) is 0 Å². The van der Waals surface area contributed by atoms with Crippen molar-refractivity contribution in [2.75, 3.05) is 32.2 Å². The third kappa shape index (κ3) is 2.28. The number of thiophene rings is 1. The second kappa shape index (κ2) is 5.63. The minimum atomic E-state index is -0.416. The standard InChI is InChI=1S/C14H19N3O2S/c1-3-15-11-10-4-9-20-12(10)17-13(16-11)14(18-2)5-7-19-8-6-14/h4,9H,3,5-8H2,1-2H3,(H,15,16,17). The Kier molecular flexibility index (Phi) is 3.87. The number of nitrogens with one attached hydrogen (secondary N) is 1. The van der Waals surface area contributed by atoms with Crippen molar-refractivity contribution in [3.63, 3.8) is 0 Å². The van der Waals surface area contributed by atoms with Crippen LogP contribution >= 0.6 is 11.3 Å². The first-order valence-electron chi connectivity index (χ1n) is 6.91. The average Bonchev–Trinajstić information content (AvgIpc) is 2.97. The van der Waals surface area contributed by atoms with E-state index in [9.17, 15) is 0 Å². The lowest BCUT2D eigenvalue weighted by Gasteiger charge is -2.34. The Labute approximate surface area is 122 Å². The van der Waals surface area contributed by atoms with E-state index in [1.807, 2.05) is 5.38 Å². The summed E-state index contributed by atoms with van der Waals surface area (Å²) in [6, 6.07) is 2.06. The van der Waals surface area contributed by atoms with E-state index in [4.69, 9.17) is 19.4 Å². The van der Waals surface area contributed by atoms with E-state index < -0.39 is 5.60 Å². The van der Waals surface area contributed by atoms with Gasteiger partial charge in [-0.05, 0) is 18.4 Å². The Morgan fingerprint density at radius 3 is 2.90 bits per heavy atom. The molecule has 0 amide bonds. The number of methoxy groups -OCH3 is 1. The summed E-state index contributed by atoms with van der Waals surface area (Å²) in [4.78, 5) is 10.5. The predicted molar refractivity (Wildman–Crippen MR) is 80.3 cm³/mol. The Morgan fingerprint density at radius 1 is 1.40 bits per heavy atom. The zero-order valence-corrected chi connectivity index (χ0v) is 12.6. The molecule has 5 nitrogen and oxygen atoms in total. The highest BCUT2D eigenvalue weighted by Gasteiger charge is 2.38. The normalized spacial score (nSPS) is 18.3. The summed E-state index contributed by atoms with van der Waals surface area (Å²) in [5.74, 6) is 1.67. The molecule has 1 aliphatic rings. The molecule has 108 valence electrons. The van der Waals surface area contributed by atoms with Crippen molar-refractivity contribution in [1.82, 2.24) is 9.97 Å². The number of hydrogen-bond donors (Lipinski definition) is 1. The molecule has 0 radical (unpaired) electrons. The van der Waals surface area contributed by atoms with Crippen LogP contribution in [0, 0.1) is 0 Å². The number of anilines is 1. The largest absolute Gasteiger partial charge is 0.381 e. The fraction of sp³-hybridized carbons (Fsp3) is 0.571. The van der Waals surface area contributed by atoms with Gasteiger partial charge in [0.2, 0.25) is 0 Å². The number of rotatable bonds is 4. The van der Waals surface area contributed by atoms with Crippen LogP contribution in [0.3, 0.4) is 0 Å². The van der Waals surface area contributed by atoms with Crippen LogP contribution in [0.5, 0.6) is 0 Å². The minimum absolute atomic E-state index is 0.416. The lowest BCUT2D eigenvalue weighted by atomic mass is 9.93. The Bertz CT molecular complexity index is 593. The van der Waals surface area contributed by atoms with Gasteiger partial charge in [0.25, 0.3) is 0 Å². The molecule has 2 aromatic heterocycles. The molecule has 6 heteroatoms. The molecule has 1 fully saturated rings. The van der Waals surface area contributed by atoms with Crippen LogP contribution < -0.4 is 5.32 Å². The molecule has 3 rings (SSSR count). The topological polar surface area (TPSA) is 56.3 Å². The second-order valence-corrected chi connectivity index (χ2v) is 5.77. The summed E-state index contributed by atoms with van der Waals surface area (Å²) in [6.07, 6.45) is 1.60. The van der Waals surface area contributed by atoms with Crippen molar-refractivity contribution >= 4 is 27.4 Å². The Hall–Kier alpha value is -1.24.